The van der Waals surface area contributed by atoms with E-state index in [1.54, 1.807) is 19.2 Å². The van der Waals surface area contributed by atoms with Crippen molar-refractivity contribution in [1.82, 2.24) is 0 Å². The molecular weight excluding hydrogens is 414 g/mol. The van der Waals surface area contributed by atoms with E-state index >= 15 is 0 Å². The molecule has 1 saturated carbocycles. The van der Waals surface area contributed by atoms with Crippen LogP contribution in [0.5, 0.6) is 5.75 Å². The number of halogens is 2. The zero-order chi connectivity index (χ0) is 23.2. The average molecular weight is 449 g/mol. The van der Waals surface area contributed by atoms with Crippen molar-refractivity contribution in [2.24, 2.45) is 5.92 Å². The van der Waals surface area contributed by atoms with Gasteiger partial charge in [-0.1, -0.05) is 49.4 Å². The predicted octanol–water partition coefficient (Wildman–Crippen LogP) is 8.23. The van der Waals surface area contributed by atoms with E-state index < -0.39 is 11.6 Å². The Morgan fingerprint density at radius 2 is 1.52 bits per heavy atom. The van der Waals surface area contributed by atoms with Gasteiger partial charge < -0.3 is 4.74 Å². The molecule has 4 rings (SSSR count). The lowest BCUT2D eigenvalue weighted by atomic mass is 9.76. The Bertz CT molecular complexity index is 998. The van der Waals surface area contributed by atoms with Crippen molar-refractivity contribution in [2.75, 3.05) is 7.11 Å². The molecule has 0 saturated heterocycles. The van der Waals surface area contributed by atoms with Gasteiger partial charge in [-0.15, -0.1) is 0 Å². The van der Waals surface area contributed by atoms with Crippen LogP contribution in [0, 0.1) is 17.6 Å². The lowest BCUT2D eigenvalue weighted by molar-refractivity contribution is 0.309. The Kier molecular flexibility index (Phi) is 7.80. The molecule has 0 bridgehead atoms. The second kappa shape index (κ2) is 11.0. The number of rotatable bonds is 8. The van der Waals surface area contributed by atoms with Gasteiger partial charge in [0.1, 0.15) is 17.4 Å². The molecule has 0 aromatic heterocycles. The largest absolute Gasteiger partial charge is 0.497 e. The lowest BCUT2D eigenvalue weighted by Crippen LogP contribution is -2.15. The molecule has 0 aliphatic heterocycles. The summed E-state index contributed by atoms with van der Waals surface area (Å²) in [5.41, 5.74) is 3.48. The molecule has 1 nitrogen and oxygen atoms in total. The van der Waals surface area contributed by atoms with Crippen molar-refractivity contribution in [1.29, 1.82) is 0 Å². The second-order valence-electron chi connectivity index (χ2n) is 9.58. The van der Waals surface area contributed by atoms with Crippen molar-refractivity contribution in [2.45, 2.75) is 63.7 Å². The first-order valence-electron chi connectivity index (χ1n) is 12.2. The fourth-order valence-electron chi connectivity index (χ4n) is 5.21. The first-order valence-corrected chi connectivity index (χ1v) is 12.2. The zero-order valence-electron chi connectivity index (χ0n) is 19.7. The molecular formula is C30H34F2O. The average Bonchev–Trinajstić information content (AvgIpc) is 2.86. The van der Waals surface area contributed by atoms with Crippen molar-refractivity contribution >= 4 is 0 Å². The summed E-state index contributed by atoms with van der Waals surface area (Å²) in [6.07, 6.45) is 6.86. The highest BCUT2D eigenvalue weighted by Gasteiger charge is 2.24. The van der Waals surface area contributed by atoms with E-state index in [4.69, 9.17) is 4.74 Å². The molecule has 0 amide bonds. The van der Waals surface area contributed by atoms with Crippen LogP contribution in [-0.2, 0) is 12.8 Å². The fraction of sp³-hybridized carbons (Fsp3) is 0.400. The van der Waals surface area contributed by atoms with Gasteiger partial charge in [0, 0.05) is 5.56 Å². The van der Waals surface area contributed by atoms with Gasteiger partial charge in [0.05, 0.1) is 7.11 Å². The van der Waals surface area contributed by atoms with Gasteiger partial charge in [0.15, 0.2) is 0 Å². The molecule has 0 N–H and O–H groups in total. The molecule has 3 aromatic carbocycles. The number of ether oxygens (including phenoxy) is 1. The number of hydrogen-bond donors (Lipinski definition) is 0. The third kappa shape index (κ3) is 6.01. The SMILES string of the molecule is COc1ccc(CCC2CCC(c3cc(F)c(C[C@@H](C)c4ccccc4)c(F)c3)CC2)cc1. The summed E-state index contributed by atoms with van der Waals surface area (Å²) in [4.78, 5) is 0. The molecule has 0 unspecified atom stereocenters. The second-order valence-corrected chi connectivity index (χ2v) is 9.58. The highest BCUT2D eigenvalue weighted by molar-refractivity contribution is 5.31. The number of methoxy groups -OCH3 is 1. The molecule has 3 aromatic rings. The quantitative estimate of drug-likeness (QED) is 0.337. The predicted molar refractivity (Wildman–Crippen MR) is 131 cm³/mol. The van der Waals surface area contributed by atoms with Gasteiger partial charge in [0.25, 0.3) is 0 Å². The van der Waals surface area contributed by atoms with E-state index in [9.17, 15) is 8.78 Å². The zero-order valence-corrected chi connectivity index (χ0v) is 19.7. The van der Waals surface area contributed by atoms with E-state index in [0.717, 1.165) is 55.4 Å². The maximum Gasteiger partial charge on any atom is 0.129 e. The van der Waals surface area contributed by atoms with Gasteiger partial charge in [-0.3, -0.25) is 0 Å². The molecule has 174 valence electrons. The van der Waals surface area contributed by atoms with Crippen LogP contribution in [0.4, 0.5) is 8.78 Å². The first-order chi connectivity index (χ1) is 16.0. The molecule has 3 heteroatoms. The molecule has 1 fully saturated rings. The van der Waals surface area contributed by atoms with E-state index in [-0.39, 0.29) is 17.4 Å². The summed E-state index contributed by atoms with van der Waals surface area (Å²) in [6, 6.07) is 21.4. The Balaban J connectivity index is 1.32. The normalized spacial score (nSPS) is 19.3. The van der Waals surface area contributed by atoms with Crippen molar-refractivity contribution in [3.05, 3.63) is 101 Å². The Morgan fingerprint density at radius 1 is 0.879 bits per heavy atom. The first kappa shape index (κ1) is 23.5. The van der Waals surface area contributed by atoms with E-state index in [0.29, 0.717) is 12.3 Å². The molecule has 1 atom stereocenters. The number of benzene rings is 3. The minimum atomic E-state index is -0.394. The highest BCUT2D eigenvalue weighted by atomic mass is 19.1. The van der Waals surface area contributed by atoms with Crippen LogP contribution in [0.25, 0.3) is 0 Å². The van der Waals surface area contributed by atoms with Gasteiger partial charge in [-0.2, -0.15) is 0 Å². The Hall–Kier alpha value is -2.68. The van der Waals surface area contributed by atoms with E-state index in [1.165, 1.54) is 5.56 Å². The monoisotopic (exact) mass is 448 g/mol. The maximum atomic E-state index is 14.9. The topological polar surface area (TPSA) is 9.23 Å². The number of aryl methyl sites for hydroxylation is 1. The van der Waals surface area contributed by atoms with Crippen molar-refractivity contribution in [3.63, 3.8) is 0 Å². The van der Waals surface area contributed by atoms with Gasteiger partial charge in [0.2, 0.25) is 0 Å². The highest BCUT2D eigenvalue weighted by Crippen LogP contribution is 2.39. The Labute approximate surface area is 196 Å². The maximum absolute atomic E-state index is 14.9. The molecule has 1 aliphatic carbocycles. The third-order valence-electron chi connectivity index (χ3n) is 7.36. The minimum Gasteiger partial charge on any atom is -0.497 e. The van der Waals surface area contributed by atoms with Crippen molar-refractivity contribution < 1.29 is 13.5 Å². The summed E-state index contributed by atoms with van der Waals surface area (Å²) in [7, 11) is 1.68. The molecule has 0 heterocycles. The summed E-state index contributed by atoms with van der Waals surface area (Å²) in [6.45, 7) is 2.02. The van der Waals surface area contributed by atoms with Crippen LogP contribution in [0.3, 0.4) is 0 Å². The van der Waals surface area contributed by atoms with Crippen LogP contribution in [0.1, 0.15) is 73.1 Å². The molecule has 0 radical (unpaired) electrons. The molecule has 33 heavy (non-hydrogen) atoms. The third-order valence-corrected chi connectivity index (χ3v) is 7.36. The standard InChI is InChI=1S/C30H34F2O/c1-21(24-6-4-3-5-7-24)18-28-29(31)19-26(20-30(28)32)25-14-10-22(11-15-25)8-9-23-12-16-27(33-2)17-13-23/h3-7,12-13,16-17,19-22,25H,8-11,14-15,18H2,1-2H3/t21-,22?,25?/m1/s1. The van der Waals surface area contributed by atoms with Crippen LogP contribution in [-0.4, -0.2) is 7.11 Å². The minimum absolute atomic E-state index is 0.0715. The Morgan fingerprint density at radius 3 is 2.12 bits per heavy atom. The van der Waals surface area contributed by atoms with Crippen LogP contribution < -0.4 is 4.74 Å². The summed E-state index contributed by atoms with van der Waals surface area (Å²) in [5, 5.41) is 0. The summed E-state index contributed by atoms with van der Waals surface area (Å²) >= 11 is 0. The van der Waals surface area contributed by atoms with Gasteiger partial charge in [-0.25, -0.2) is 8.78 Å². The lowest BCUT2D eigenvalue weighted by Gasteiger charge is -2.29. The fourth-order valence-corrected chi connectivity index (χ4v) is 5.21. The number of hydrogen-bond acceptors (Lipinski definition) is 1. The van der Waals surface area contributed by atoms with Crippen LogP contribution in [0.2, 0.25) is 0 Å². The van der Waals surface area contributed by atoms with Crippen molar-refractivity contribution in [3.8, 4) is 5.75 Å². The summed E-state index contributed by atoms with van der Waals surface area (Å²) < 4.78 is 35.1. The molecule has 1 aliphatic rings. The smallest absolute Gasteiger partial charge is 0.129 e. The van der Waals surface area contributed by atoms with Gasteiger partial charge in [-0.05, 0) is 104 Å². The molecule has 0 spiro atoms. The van der Waals surface area contributed by atoms with Crippen LogP contribution in [0.15, 0.2) is 66.7 Å². The van der Waals surface area contributed by atoms with Crippen LogP contribution >= 0.6 is 0 Å². The van der Waals surface area contributed by atoms with E-state index in [2.05, 4.69) is 12.1 Å². The van der Waals surface area contributed by atoms with Gasteiger partial charge >= 0.3 is 0 Å². The van der Waals surface area contributed by atoms with E-state index in [1.807, 2.05) is 49.4 Å². The summed E-state index contributed by atoms with van der Waals surface area (Å²) in [5.74, 6) is 1.11.